The van der Waals surface area contributed by atoms with Crippen molar-refractivity contribution in [3.05, 3.63) is 35.9 Å². The van der Waals surface area contributed by atoms with Crippen LogP contribution in [0.4, 0.5) is 4.79 Å². The molecule has 20 heavy (non-hydrogen) atoms. The summed E-state index contributed by atoms with van der Waals surface area (Å²) in [7, 11) is 0. The maximum Gasteiger partial charge on any atom is 0.408 e. The van der Waals surface area contributed by atoms with Gasteiger partial charge in [-0.1, -0.05) is 44.2 Å². The molecule has 0 spiro atoms. The number of rotatable bonds is 5. The molecule has 0 saturated heterocycles. The van der Waals surface area contributed by atoms with Crippen LogP contribution in [0.1, 0.15) is 25.8 Å². The number of aliphatic carboxylic acids is 1. The summed E-state index contributed by atoms with van der Waals surface area (Å²) in [5, 5.41) is 11.8. The van der Waals surface area contributed by atoms with E-state index in [4.69, 9.17) is 4.74 Å². The Kier molecular flexibility index (Phi) is 3.97. The van der Waals surface area contributed by atoms with Gasteiger partial charge in [-0.25, -0.2) is 9.59 Å². The zero-order chi connectivity index (χ0) is 14.8. The van der Waals surface area contributed by atoms with Crippen molar-refractivity contribution >= 4 is 12.1 Å². The van der Waals surface area contributed by atoms with E-state index in [2.05, 4.69) is 5.32 Å². The molecule has 0 unspecified atom stereocenters. The molecule has 1 saturated carbocycles. The number of hydrogen-bond donors (Lipinski definition) is 2. The molecule has 0 bridgehead atoms. The first kappa shape index (κ1) is 14.4. The lowest BCUT2D eigenvalue weighted by Crippen LogP contribution is -2.45. The van der Waals surface area contributed by atoms with Crippen LogP contribution in [0.3, 0.4) is 0 Å². The zero-order valence-corrected chi connectivity index (χ0v) is 11.6. The second-order valence-electron chi connectivity index (χ2n) is 5.52. The summed E-state index contributed by atoms with van der Waals surface area (Å²) < 4.78 is 5.07. The molecule has 1 aromatic rings. The van der Waals surface area contributed by atoms with Gasteiger partial charge in [0.25, 0.3) is 0 Å². The van der Waals surface area contributed by atoms with Crippen molar-refractivity contribution < 1.29 is 19.4 Å². The van der Waals surface area contributed by atoms with Crippen LogP contribution in [0, 0.1) is 11.8 Å². The van der Waals surface area contributed by atoms with Gasteiger partial charge in [-0.05, 0) is 23.8 Å². The van der Waals surface area contributed by atoms with Crippen molar-refractivity contribution in [2.45, 2.75) is 32.4 Å². The Labute approximate surface area is 117 Å². The van der Waals surface area contributed by atoms with E-state index in [0.29, 0.717) is 6.42 Å². The van der Waals surface area contributed by atoms with Gasteiger partial charge in [0, 0.05) is 0 Å². The average Bonchev–Trinajstić information content (AvgIpc) is 3.14. The quantitative estimate of drug-likeness (QED) is 0.866. The summed E-state index contributed by atoms with van der Waals surface area (Å²) in [5.41, 5.74) is -0.287. The van der Waals surface area contributed by atoms with Crippen LogP contribution >= 0.6 is 0 Å². The lowest BCUT2D eigenvalue weighted by molar-refractivity contribution is -0.141. The van der Waals surface area contributed by atoms with Crippen molar-refractivity contribution in [2.75, 3.05) is 0 Å². The Hall–Kier alpha value is -2.04. The minimum absolute atomic E-state index is 0.0377. The molecule has 1 aliphatic carbocycles. The number of nitrogens with one attached hydrogen (secondary N) is 1. The molecular formula is C15H19NO4. The van der Waals surface area contributed by atoms with Crippen LogP contribution in [-0.4, -0.2) is 22.7 Å². The summed E-state index contributed by atoms with van der Waals surface area (Å²) in [6.45, 7) is 4.04. The Bertz CT molecular complexity index is 500. The van der Waals surface area contributed by atoms with Crippen molar-refractivity contribution in [2.24, 2.45) is 11.8 Å². The number of benzene rings is 1. The third-order valence-electron chi connectivity index (χ3n) is 3.74. The fourth-order valence-electron chi connectivity index (χ4n) is 2.48. The van der Waals surface area contributed by atoms with Gasteiger partial charge in [-0.2, -0.15) is 0 Å². The molecule has 108 valence electrons. The third kappa shape index (κ3) is 2.92. The fourth-order valence-corrected chi connectivity index (χ4v) is 2.48. The molecular weight excluding hydrogens is 258 g/mol. The van der Waals surface area contributed by atoms with E-state index in [-0.39, 0.29) is 18.4 Å². The van der Waals surface area contributed by atoms with E-state index in [0.717, 1.165) is 5.56 Å². The second-order valence-corrected chi connectivity index (χ2v) is 5.52. The molecule has 5 heteroatoms. The summed E-state index contributed by atoms with van der Waals surface area (Å²) in [6.07, 6.45) is -0.222. The Balaban J connectivity index is 1.89. The maximum atomic E-state index is 11.7. The van der Waals surface area contributed by atoms with Crippen molar-refractivity contribution in [1.29, 1.82) is 0 Å². The van der Waals surface area contributed by atoms with Crippen LogP contribution in [-0.2, 0) is 16.1 Å². The Morgan fingerprint density at radius 3 is 2.55 bits per heavy atom. The molecule has 1 amide bonds. The number of ether oxygens (including phenoxy) is 1. The van der Waals surface area contributed by atoms with Crippen LogP contribution in [0.2, 0.25) is 0 Å². The molecule has 2 rings (SSSR count). The third-order valence-corrected chi connectivity index (χ3v) is 3.74. The molecule has 1 aromatic carbocycles. The minimum Gasteiger partial charge on any atom is -0.479 e. The van der Waals surface area contributed by atoms with E-state index in [9.17, 15) is 14.7 Å². The molecule has 5 nitrogen and oxygen atoms in total. The summed E-state index contributed by atoms with van der Waals surface area (Å²) in [5.74, 6) is -0.822. The first-order valence-electron chi connectivity index (χ1n) is 6.68. The highest BCUT2D eigenvalue weighted by Gasteiger charge is 2.62. The lowest BCUT2D eigenvalue weighted by Gasteiger charge is -2.16. The number of amides is 1. The Morgan fingerprint density at radius 2 is 2.05 bits per heavy atom. The highest BCUT2D eigenvalue weighted by Crippen LogP contribution is 2.48. The van der Waals surface area contributed by atoms with Gasteiger partial charge in [0.05, 0.1) is 0 Å². The number of carboxylic acids is 1. The van der Waals surface area contributed by atoms with Crippen molar-refractivity contribution in [3.8, 4) is 0 Å². The topological polar surface area (TPSA) is 75.6 Å². The van der Waals surface area contributed by atoms with Gasteiger partial charge in [-0.15, -0.1) is 0 Å². The molecule has 0 aliphatic heterocycles. The summed E-state index contributed by atoms with van der Waals surface area (Å²) in [4.78, 5) is 23.1. The monoisotopic (exact) mass is 277 g/mol. The fraction of sp³-hybridized carbons (Fsp3) is 0.467. The molecule has 2 N–H and O–H groups in total. The molecule has 2 atom stereocenters. The number of carbonyl (C=O) groups excluding carboxylic acids is 1. The molecule has 0 heterocycles. The van der Waals surface area contributed by atoms with Gasteiger partial charge >= 0.3 is 12.1 Å². The van der Waals surface area contributed by atoms with E-state index < -0.39 is 17.6 Å². The van der Waals surface area contributed by atoms with E-state index in [1.165, 1.54) is 0 Å². The average molecular weight is 277 g/mol. The highest BCUT2D eigenvalue weighted by atomic mass is 16.5. The normalized spacial score (nSPS) is 24.2. The van der Waals surface area contributed by atoms with Crippen LogP contribution in [0.25, 0.3) is 0 Å². The van der Waals surface area contributed by atoms with E-state index in [1.54, 1.807) is 0 Å². The van der Waals surface area contributed by atoms with Gasteiger partial charge in [0.1, 0.15) is 12.1 Å². The predicted molar refractivity (Wildman–Crippen MR) is 73.1 cm³/mol. The molecule has 1 fully saturated rings. The highest BCUT2D eigenvalue weighted by molar-refractivity contribution is 5.88. The second kappa shape index (κ2) is 5.53. The van der Waals surface area contributed by atoms with Crippen LogP contribution < -0.4 is 5.32 Å². The largest absolute Gasteiger partial charge is 0.479 e. The zero-order valence-electron chi connectivity index (χ0n) is 11.6. The van der Waals surface area contributed by atoms with Gasteiger partial charge in [-0.3, -0.25) is 0 Å². The van der Waals surface area contributed by atoms with Gasteiger partial charge in [0.2, 0.25) is 0 Å². The van der Waals surface area contributed by atoms with Crippen LogP contribution in [0.15, 0.2) is 30.3 Å². The van der Waals surface area contributed by atoms with E-state index in [1.807, 2.05) is 44.2 Å². The summed E-state index contributed by atoms with van der Waals surface area (Å²) >= 11 is 0. The predicted octanol–water partition coefficient (Wildman–Crippen LogP) is 2.41. The number of alkyl carbamates (subject to hydrolysis) is 1. The first-order chi connectivity index (χ1) is 9.45. The molecule has 1 aliphatic rings. The van der Waals surface area contributed by atoms with E-state index >= 15 is 0 Å². The smallest absolute Gasteiger partial charge is 0.408 e. The maximum absolute atomic E-state index is 11.7. The van der Waals surface area contributed by atoms with Crippen molar-refractivity contribution in [3.63, 3.8) is 0 Å². The minimum atomic E-state index is -1.15. The lowest BCUT2D eigenvalue weighted by atomic mass is 10.0. The number of carboxylic acid groups (broad SMARTS) is 1. The standard InChI is InChI=1S/C15H19NO4/c1-10(2)12-8-15(12,13(17)18)16-14(19)20-9-11-6-4-3-5-7-11/h3-7,10,12H,8-9H2,1-2H3,(H,16,19)(H,17,18)/t12-,15+/m0/s1. The SMILES string of the molecule is CC(C)[C@@H]1C[C@]1(NC(=O)OCc1ccccc1)C(=O)O. The number of hydrogen-bond acceptors (Lipinski definition) is 3. The van der Waals surface area contributed by atoms with Gasteiger partial charge in [0.15, 0.2) is 0 Å². The summed E-state index contributed by atoms with van der Waals surface area (Å²) in [6, 6.07) is 9.26. The van der Waals surface area contributed by atoms with Gasteiger partial charge < -0.3 is 15.2 Å². The number of carbonyl (C=O) groups is 2. The molecule has 0 radical (unpaired) electrons. The first-order valence-corrected chi connectivity index (χ1v) is 6.68. The van der Waals surface area contributed by atoms with Crippen LogP contribution in [0.5, 0.6) is 0 Å². The molecule has 0 aromatic heterocycles. The van der Waals surface area contributed by atoms with Crippen molar-refractivity contribution in [1.82, 2.24) is 5.32 Å². The Morgan fingerprint density at radius 1 is 1.40 bits per heavy atom.